The van der Waals surface area contributed by atoms with Gasteiger partial charge in [-0.1, -0.05) is 85.6 Å². The number of rotatable bonds is 9. The van der Waals surface area contributed by atoms with Crippen LogP contribution in [-0.4, -0.2) is 35.5 Å². The highest BCUT2D eigenvalue weighted by Crippen LogP contribution is 2.36. The molecule has 2 aliphatic rings. The first kappa shape index (κ1) is 26.9. The largest absolute Gasteiger partial charge is 0.488 e. The van der Waals surface area contributed by atoms with Crippen LogP contribution in [0.2, 0.25) is 0 Å². The highest BCUT2D eigenvalue weighted by molar-refractivity contribution is 5.89. The second-order valence-corrected chi connectivity index (χ2v) is 10.6. The number of amides is 1. The van der Waals surface area contributed by atoms with E-state index >= 15 is 0 Å². The monoisotopic (exact) mass is 526 g/mol. The Hall–Kier alpha value is -3.64. The molecule has 3 aromatic rings. The van der Waals surface area contributed by atoms with Crippen molar-refractivity contribution in [2.75, 3.05) is 6.61 Å². The first-order valence-corrected chi connectivity index (χ1v) is 14.1. The molecule has 1 N–H and O–H groups in total. The second kappa shape index (κ2) is 12.5. The predicted molar refractivity (Wildman–Crippen MR) is 151 cm³/mol. The normalized spacial score (nSPS) is 17.9. The summed E-state index contributed by atoms with van der Waals surface area (Å²) in [4.78, 5) is 29.3. The molecule has 0 unspecified atom stereocenters. The number of fused-ring (bicyclic) bond motifs is 1. The van der Waals surface area contributed by atoms with Gasteiger partial charge in [0.25, 0.3) is 0 Å². The molecule has 3 aromatic carbocycles. The molecule has 5 rings (SSSR count). The van der Waals surface area contributed by atoms with Crippen LogP contribution in [0.25, 0.3) is 0 Å². The van der Waals surface area contributed by atoms with Gasteiger partial charge < -0.3 is 14.4 Å². The molecule has 2 atom stereocenters. The minimum Gasteiger partial charge on any atom is -0.488 e. The summed E-state index contributed by atoms with van der Waals surface area (Å²) in [7, 11) is 0. The second-order valence-electron chi connectivity index (χ2n) is 10.6. The van der Waals surface area contributed by atoms with Gasteiger partial charge in [-0.25, -0.2) is 4.79 Å². The van der Waals surface area contributed by atoms with Crippen LogP contribution in [-0.2, 0) is 33.9 Å². The van der Waals surface area contributed by atoms with Crippen LogP contribution in [0.15, 0.2) is 72.8 Å². The van der Waals surface area contributed by atoms with Gasteiger partial charge >= 0.3 is 5.97 Å². The fourth-order valence-corrected chi connectivity index (χ4v) is 5.82. The van der Waals surface area contributed by atoms with Crippen LogP contribution in [0.3, 0.4) is 0 Å². The Morgan fingerprint density at radius 3 is 2.36 bits per heavy atom. The molecule has 0 radical (unpaired) electrons. The van der Waals surface area contributed by atoms with Gasteiger partial charge in [-0.05, 0) is 48.9 Å². The molecule has 204 valence electrons. The van der Waals surface area contributed by atoms with E-state index in [4.69, 9.17) is 9.47 Å². The Bertz CT molecular complexity index is 1270. The summed E-state index contributed by atoms with van der Waals surface area (Å²) in [6.45, 7) is 4.85. The zero-order chi connectivity index (χ0) is 27.2. The summed E-state index contributed by atoms with van der Waals surface area (Å²) >= 11 is 0. The number of carbonyl (C=O) groups is 2. The molecule has 1 amide bonds. The predicted octanol–water partition coefficient (Wildman–Crippen LogP) is 5.66. The molecule has 1 fully saturated rings. The Labute approximate surface area is 231 Å². The molecule has 0 spiro atoms. The number of esters is 1. The third kappa shape index (κ3) is 6.17. The summed E-state index contributed by atoms with van der Waals surface area (Å²) < 4.78 is 11.8. The van der Waals surface area contributed by atoms with Crippen molar-refractivity contribution in [3.8, 4) is 5.75 Å². The molecule has 1 heterocycles. The van der Waals surface area contributed by atoms with Gasteiger partial charge in [0.05, 0.1) is 6.61 Å². The quantitative estimate of drug-likeness (QED) is 0.364. The SMILES string of the molecule is CCOC(=O)[C@@H]1Cc2c(ccc(C)c2OCc2ccccc2)CN1C(=O)[C@@H](NC1CCCC1)c1ccccc1. The van der Waals surface area contributed by atoms with Crippen LogP contribution in [0.1, 0.15) is 66.5 Å². The summed E-state index contributed by atoms with van der Waals surface area (Å²) in [6, 6.07) is 23.0. The van der Waals surface area contributed by atoms with Crippen LogP contribution in [0.4, 0.5) is 0 Å². The van der Waals surface area contributed by atoms with E-state index in [0.717, 1.165) is 46.4 Å². The van der Waals surface area contributed by atoms with E-state index in [1.165, 1.54) is 12.8 Å². The molecule has 1 saturated carbocycles. The van der Waals surface area contributed by atoms with Crippen molar-refractivity contribution in [2.45, 2.75) is 77.2 Å². The van der Waals surface area contributed by atoms with E-state index in [0.29, 0.717) is 19.6 Å². The molecule has 0 bridgehead atoms. The van der Waals surface area contributed by atoms with Crippen LogP contribution in [0, 0.1) is 6.92 Å². The molecule has 6 nitrogen and oxygen atoms in total. The fraction of sp³-hybridized carbons (Fsp3) is 0.394. The van der Waals surface area contributed by atoms with Crippen molar-refractivity contribution >= 4 is 11.9 Å². The Morgan fingerprint density at radius 2 is 1.67 bits per heavy atom. The van der Waals surface area contributed by atoms with Crippen LogP contribution >= 0.6 is 0 Å². The molecule has 39 heavy (non-hydrogen) atoms. The van der Waals surface area contributed by atoms with E-state index in [1.807, 2.05) is 73.7 Å². The average Bonchev–Trinajstić information content (AvgIpc) is 3.49. The molecular formula is C33H38N2O4. The van der Waals surface area contributed by atoms with Crippen molar-refractivity contribution < 1.29 is 19.1 Å². The Morgan fingerprint density at radius 1 is 0.974 bits per heavy atom. The van der Waals surface area contributed by atoms with E-state index < -0.39 is 12.1 Å². The first-order chi connectivity index (χ1) is 19.0. The highest BCUT2D eigenvalue weighted by atomic mass is 16.5. The van der Waals surface area contributed by atoms with E-state index in [9.17, 15) is 9.59 Å². The number of benzene rings is 3. The first-order valence-electron chi connectivity index (χ1n) is 14.1. The van der Waals surface area contributed by atoms with Gasteiger partial charge in [0, 0.05) is 24.6 Å². The summed E-state index contributed by atoms with van der Waals surface area (Å²) in [5, 5.41) is 3.64. The lowest BCUT2D eigenvalue weighted by Crippen LogP contribution is -2.53. The zero-order valence-electron chi connectivity index (χ0n) is 22.9. The number of nitrogens with one attached hydrogen (secondary N) is 1. The van der Waals surface area contributed by atoms with Gasteiger partial charge in [-0.2, -0.15) is 0 Å². The standard InChI is InChI=1S/C33H38N2O4/c1-3-38-33(37)29-20-28-26(19-18-23(2)31(28)39-22-24-12-6-4-7-13-24)21-35(29)32(36)30(25-14-8-5-9-15-25)34-27-16-10-11-17-27/h4-9,12-15,18-19,27,29-30,34H,3,10-11,16-17,20-22H2,1-2H3/t29-,30-/m0/s1. The van der Waals surface area contributed by atoms with Gasteiger partial charge in [-0.15, -0.1) is 0 Å². The number of aryl methyl sites for hydroxylation is 1. The maximum Gasteiger partial charge on any atom is 0.329 e. The maximum absolute atomic E-state index is 14.3. The molecule has 1 aliphatic heterocycles. The molecule has 0 aromatic heterocycles. The summed E-state index contributed by atoms with van der Waals surface area (Å²) in [5.74, 6) is 0.324. The lowest BCUT2D eigenvalue weighted by molar-refractivity contribution is -0.156. The maximum atomic E-state index is 14.3. The molecular weight excluding hydrogens is 488 g/mol. The molecule has 1 aliphatic carbocycles. The Balaban J connectivity index is 1.47. The number of hydrogen-bond acceptors (Lipinski definition) is 5. The van der Waals surface area contributed by atoms with E-state index in [2.05, 4.69) is 11.4 Å². The smallest absolute Gasteiger partial charge is 0.329 e. The van der Waals surface area contributed by atoms with Crippen molar-refractivity contribution in [3.05, 3.63) is 101 Å². The number of ether oxygens (including phenoxy) is 2. The lowest BCUT2D eigenvalue weighted by Gasteiger charge is -2.39. The minimum atomic E-state index is -0.720. The zero-order valence-corrected chi connectivity index (χ0v) is 22.9. The number of hydrogen-bond donors (Lipinski definition) is 1. The lowest BCUT2D eigenvalue weighted by atomic mass is 9.90. The highest BCUT2D eigenvalue weighted by Gasteiger charge is 2.40. The molecule has 6 heteroatoms. The van der Waals surface area contributed by atoms with Gasteiger partial charge in [0.1, 0.15) is 24.4 Å². The van der Waals surface area contributed by atoms with Gasteiger partial charge in [0.15, 0.2) is 0 Å². The van der Waals surface area contributed by atoms with Crippen molar-refractivity contribution in [2.24, 2.45) is 0 Å². The average molecular weight is 527 g/mol. The van der Waals surface area contributed by atoms with Crippen molar-refractivity contribution in [3.63, 3.8) is 0 Å². The van der Waals surface area contributed by atoms with Gasteiger partial charge in [0.2, 0.25) is 5.91 Å². The minimum absolute atomic E-state index is 0.0934. The van der Waals surface area contributed by atoms with E-state index in [1.54, 1.807) is 11.8 Å². The summed E-state index contributed by atoms with van der Waals surface area (Å²) in [6.07, 6.45) is 4.81. The summed E-state index contributed by atoms with van der Waals surface area (Å²) in [5.41, 5.74) is 4.99. The third-order valence-corrected chi connectivity index (χ3v) is 7.87. The van der Waals surface area contributed by atoms with Gasteiger partial charge in [-0.3, -0.25) is 10.1 Å². The number of carbonyl (C=O) groups excluding carboxylic acids is 2. The number of nitrogens with zero attached hydrogens (tertiary/aromatic N) is 1. The Kier molecular flexibility index (Phi) is 8.62. The third-order valence-electron chi connectivity index (χ3n) is 7.87. The molecule has 0 saturated heterocycles. The van der Waals surface area contributed by atoms with Crippen molar-refractivity contribution in [1.82, 2.24) is 10.2 Å². The van der Waals surface area contributed by atoms with Crippen LogP contribution < -0.4 is 10.1 Å². The van der Waals surface area contributed by atoms with Crippen LogP contribution in [0.5, 0.6) is 5.75 Å². The van der Waals surface area contributed by atoms with Crippen molar-refractivity contribution in [1.29, 1.82) is 0 Å². The topological polar surface area (TPSA) is 67.9 Å². The van der Waals surface area contributed by atoms with E-state index in [-0.39, 0.29) is 24.5 Å². The fourth-order valence-electron chi connectivity index (χ4n) is 5.82.